The fourth-order valence-electron chi connectivity index (χ4n) is 2.17. The molecule has 0 saturated carbocycles. The van der Waals surface area contributed by atoms with Gasteiger partial charge in [0.1, 0.15) is 0 Å². The summed E-state index contributed by atoms with van der Waals surface area (Å²) in [4.78, 5) is 26.2. The Morgan fingerprint density at radius 1 is 0.957 bits per heavy atom. The summed E-state index contributed by atoms with van der Waals surface area (Å²) < 4.78 is 0. The van der Waals surface area contributed by atoms with Crippen LogP contribution in [0.25, 0.3) is 6.08 Å². The zero-order chi connectivity index (χ0) is 16.4. The monoisotopic (exact) mass is 363 g/mol. The maximum Gasteiger partial charge on any atom is 0.293 e. The van der Waals surface area contributed by atoms with Gasteiger partial charge < -0.3 is 0 Å². The molecule has 23 heavy (non-hydrogen) atoms. The molecule has 1 heterocycles. The zero-order valence-corrected chi connectivity index (χ0v) is 14.2. The Hall–Kier alpha value is -1.75. The van der Waals surface area contributed by atoms with Gasteiger partial charge >= 0.3 is 0 Å². The van der Waals surface area contributed by atoms with Crippen LogP contribution >= 0.6 is 35.0 Å². The second-order valence-electron chi connectivity index (χ2n) is 4.88. The highest BCUT2D eigenvalue weighted by Crippen LogP contribution is 2.35. The predicted octanol–water partition coefficient (Wildman–Crippen LogP) is 5.23. The number of hydrogen-bond donors (Lipinski definition) is 0. The maximum atomic E-state index is 12.5. The largest absolute Gasteiger partial charge is 0.293 e. The fraction of sp³-hybridized carbons (Fsp3) is 0.0588. The van der Waals surface area contributed by atoms with Crippen LogP contribution in [0.4, 0.5) is 4.79 Å². The van der Waals surface area contributed by atoms with Crippen molar-refractivity contribution in [3.63, 3.8) is 0 Å². The van der Waals surface area contributed by atoms with Gasteiger partial charge in [0.05, 0.1) is 11.4 Å². The normalized spacial score (nSPS) is 16.4. The van der Waals surface area contributed by atoms with Gasteiger partial charge in [0, 0.05) is 10.0 Å². The average Bonchev–Trinajstić information content (AvgIpc) is 2.79. The molecule has 2 amide bonds. The molecule has 0 radical (unpaired) electrons. The SMILES string of the molecule is O=C1S/C(=C\c2ccccc2Cl)C(=O)N1Cc1ccccc1Cl. The third-order valence-corrected chi connectivity index (χ3v) is 4.97. The van der Waals surface area contributed by atoms with Gasteiger partial charge in [-0.3, -0.25) is 14.5 Å². The Labute approximate surface area is 147 Å². The van der Waals surface area contributed by atoms with Crippen molar-refractivity contribution < 1.29 is 9.59 Å². The number of carbonyl (C=O) groups is 2. The summed E-state index contributed by atoms with van der Waals surface area (Å²) in [5.41, 5.74) is 1.44. The molecule has 2 aromatic rings. The number of halogens is 2. The van der Waals surface area contributed by atoms with E-state index in [9.17, 15) is 9.59 Å². The van der Waals surface area contributed by atoms with E-state index in [0.717, 1.165) is 17.3 Å². The number of hydrogen-bond acceptors (Lipinski definition) is 3. The molecule has 0 N–H and O–H groups in total. The van der Waals surface area contributed by atoms with Gasteiger partial charge in [0.25, 0.3) is 11.1 Å². The van der Waals surface area contributed by atoms with E-state index >= 15 is 0 Å². The average molecular weight is 364 g/mol. The van der Waals surface area contributed by atoms with E-state index in [4.69, 9.17) is 23.2 Å². The summed E-state index contributed by atoms with van der Waals surface area (Å²) in [5.74, 6) is -0.333. The van der Waals surface area contributed by atoms with E-state index < -0.39 is 0 Å². The lowest BCUT2D eigenvalue weighted by Gasteiger charge is -2.13. The molecule has 1 fully saturated rings. The van der Waals surface area contributed by atoms with E-state index in [1.807, 2.05) is 18.2 Å². The number of carbonyl (C=O) groups excluding carboxylic acids is 2. The minimum absolute atomic E-state index is 0.157. The fourth-order valence-corrected chi connectivity index (χ4v) is 3.38. The van der Waals surface area contributed by atoms with Crippen molar-refractivity contribution in [2.24, 2.45) is 0 Å². The Morgan fingerprint density at radius 3 is 2.30 bits per heavy atom. The summed E-state index contributed by atoms with van der Waals surface area (Å²) in [7, 11) is 0. The summed E-state index contributed by atoms with van der Waals surface area (Å²) >= 11 is 13.1. The number of benzene rings is 2. The maximum absolute atomic E-state index is 12.5. The Morgan fingerprint density at radius 2 is 1.61 bits per heavy atom. The van der Waals surface area contributed by atoms with Crippen LogP contribution in [0.2, 0.25) is 10.0 Å². The van der Waals surface area contributed by atoms with Crippen LogP contribution in [0.15, 0.2) is 53.4 Å². The number of thioether (sulfide) groups is 1. The Kier molecular flexibility index (Phi) is 4.76. The molecule has 1 aliphatic rings. The number of rotatable bonds is 3. The standard InChI is InChI=1S/C17H11Cl2NO2S/c18-13-7-3-1-5-11(13)9-15-16(21)20(17(22)23-15)10-12-6-2-4-8-14(12)19/h1-9H,10H2/b15-9-. The van der Waals surface area contributed by atoms with E-state index in [2.05, 4.69) is 0 Å². The number of imide groups is 1. The van der Waals surface area contributed by atoms with Crippen molar-refractivity contribution in [1.29, 1.82) is 0 Å². The van der Waals surface area contributed by atoms with Crippen LogP contribution < -0.4 is 0 Å². The molecule has 0 bridgehead atoms. The van der Waals surface area contributed by atoms with E-state index in [1.165, 1.54) is 4.90 Å². The van der Waals surface area contributed by atoms with Crippen LogP contribution in [-0.4, -0.2) is 16.0 Å². The molecule has 0 unspecified atom stereocenters. The van der Waals surface area contributed by atoms with Gasteiger partial charge in [0.15, 0.2) is 0 Å². The van der Waals surface area contributed by atoms with Crippen molar-refractivity contribution in [3.05, 3.63) is 74.6 Å². The summed E-state index contributed by atoms with van der Waals surface area (Å²) in [6.07, 6.45) is 1.64. The molecule has 1 saturated heterocycles. The lowest BCUT2D eigenvalue weighted by molar-refractivity contribution is -0.123. The first-order chi connectivity index (χ1) is 11.1. The molecule has 3 nitrogen and oxygen atoms in total. The van der Waals surface area contributed by atoms with Crippen LogP contribution in [0.1, 0.15) is 11.1 Å². The zero-order valence-electron chi connectivity index (χ0n) is 11.8. The summed E-state index contributed by atoms with van der Waals surface area (Å²) in [6, 6.07) is 14.3. The molecule has 6 heteroatoms. The molecule has 0 atom stereocenters. The lowest BCUT2D eigenvalue weighted by Crippen LogP contribution is -2.27. The van der Waals surface area contributed by atoms with Crippen molar-refractivity contribution in [2.45, 2.75) is 6.54 Å². The first-order valence-corrected chi connectivity index (χ1v) is 8.37. The Bertz CT molecular complexity index is 820. The van der Waals surface area contributed by atoms with E-state index in [-0.39, 0.29) is 17.7 Å². The van der Waals surface area contributed by atoms with Crippen molar-refractivity contribution in [2.75, 3.05) is 0 Å². The molecule has 3 rings (SSSR count). The Balaban J connectivity index is 1.86. The smallest absolute Gasteiger partial charge is 0.268 e. The molecule has 0 aliphatic carbocycles. The molecule has 1 aliphatic heterocycles. The molecular formula is C17H11Cl2NO2S. The second kappa shape index (κ2) is 6.79. The first-order valence-electron chi connectivity index (χ1n) is 6.79. The molecule has 2 aromatic carbocycles. The van der Waals surface area contributed by atoms with Crippen molar-refractivity contribution >= 4 is 52.2 Å². The highest BCUT2D eigenvalue weighted by Gasteiger charge is 2.35. The van der Waals surface area contributed by atoms with Gasteiger partial charge in [-0.05, 0) is 41.1 Å². The molecular weight excluding hydrogens is 353 g/mol. The molecule has 116 valence electrons. The van der Waals surface area contributed by atoms with Crippen LogP contribution in [0.5, 0.6) is 0 Å². The minimum Gasteiger partial charge on any atom is -0.268 e. The highest BCUT2D eigenvalue weighted by atomic mass is 35.5. The topological polar surface area (TPSA) is 37.4 Å². The van der Waals surface area contributed by atoms with Crippen LogP contribution in [0, 0.1) is 0 Å². The number of nitrogens with zero attached hydrogens (tertiary/aromatic N) is 1. The lowest BCUT2D eigenvalue weighted by atomic mass is 10.2. The van der Waals surface area contributed by atoms with Crippen LogP contribution in [0.3, 0.4) is 0 Å². The van der Waals surface area contributed by atoms with Gasteiger partial charge in [-0.2, -0.15) is 0 Å². The third kappa shape index (κ3) is 3.44. The van der Waals surface area contributed by atoms with Gasteiger partial charge in [-0.25, -0.2) is 0 Å². The van der Waals surface area contributed by atoms with Crippen molar-refractivity contribution in [1.82, 2.24) is 4.90 Å². The molecule has 0 aromatic heterocycles. The first kappa shape index (κ1) is 16.1. The predicted molar refractivity (Wildman–Crippen MR) is 94.4 cm³/mol. The molecule has 0 spiro atoms. The van der Waals surface area contributed by atoms with Crippen molar-refractivity contribution in [3.8, 4) is 0 Å². The van der Waals surface area contributed by atoms with E-state index in [0.29, 0.717) is 20.5 Å². The van der Waals surface area contributed by atoms with Gasteiger partial charge in [0.2, 0.25) is 0 Å². The summed E-state index contributed by atoms with van der Waals surface area (Å²) in [6.45, 7) is 0.157. The van der Waals surface area contributed by atoms with Gasteiger partial charge in [-0.15, -0.1) is 0 Å². The highest BCUT2D eigenvalue weighted by molar-refractivity contribution is 8.18. The minimum atomic E-state index is -0.333. The second-order valence-corrected chi connectivity index (χ2v) is 6.69. The van der Waals surface area contributed by atoms with Gasteiger partial charge in [-0.1, -0.05) is 59.6 Å². The third-order valence-electron chi connectivity index (χ3n) is 3.35. The number of amides is 2. The quantitative estimate of drug-likeness (QED) is 0.700. The van der Waals surface area contributed by atoms with Crippen LogP contribution in [-0.2, 0) is 11.3 Å². The van der Waals surface area contributed by atoms with E-state index in [1.54, 1.807) is 36.4 Å². The summed E-state index contributed by atoms with van der Waals surface area (Å²) in [5, 5.41) is 0.750.